The molecule has 51 nitrogen and oxygen atoms in total. The van der Waals surface area contributed by atoms with Gasteiger partial charge in [0.2, 0.25) is 41.1 Å². The summed E-state index contributed by atoms with van der Waals surface area (Å²) in [6.45, 7) is 1.03. The van der Waals surface area contributed by atoms with Crippen LogP contribution in [0.5, 0.6) is 184 Å². The fourth-order valence-electron chi connectivity index (χ4n) is 13.7. The first-order valence-corrected chi connectivity index (χ1v) is 41.7. The van der Waals surface area contributed by atoms with E-state index in [0.717, 1.165) is 16.8 Å². The summed E-state index contributed by atoms with van der Waals surface area (Å²) in [5.74, 6) is -55.8. The molecule has 0 amide bonds. The van der Waals surface area contributed by atoms with Crippen molar-refractivity contribution < 1.29 is 247 Å². The summed E-state index contributed by atoms with van der Waals surface area (Å²) in [6.07, 6.45) is -13.3. The summed E-state index contributed by atoms with van der Waals surface area (Å²) in [6, 6.07) is 29.0. The lowest BCUT2D eigenvalue weighted by molar-refractivity contribution is -0.282. The van der Waals surface area contributed by atoms with Crippen molar-refractivity contribution in [2.45, 2.75) is 50.5 Å². The van der Waals surface area contributed by atoms with Crippen LogP contribution in [0.4, 0.5) is 0 Å². The van der Waals surface area contributed by atoms with Crippen LogP contribution in [0.25, 0.3) is 0 Å². The van der Waals surface area contributed by atoms with E-state index in [1.54, 1.807) is 30.5 Å². The van der Waals surface area contributed by atoms with E-state index in [1.807, 2.05) is 42.5 Å². The first kappa shape index (κ1) is 105. The van der Waals surface area contributed by atoms with Crippen LogP contribution in [-0.4, -0.2) is 242 Å². The van der Waals surface area contributed by atoms with Gasteiger partial charge in [-0.15, -0.1) is 0 Å². The molecule has 5 atom stereocenters. The highest BCUT2D eigenvalue weighted by Gasteiger charge is 2.55. The Hall–Kier alpha value is -21.6. The molecule has 1 fully saturated rings. The standard InChI is InChI=1S/C76H52O46.C22H19NO4/c77-32-1-22(2-33(78)53(32)92)67(103)113-47-16-27(11-42(87)58(47)97)66(102)112-21-52-63(119-72(108)28-12-43(88)59(98)48(17-28)114-68(104)23-3-34(79)54(93)35(80)4-23)64(120-73(109)29-13-44(89)60(99)49(18-29)115-69(105)24-5-36(81)55(94)37(82)6-24)65(121-74(110)30-14-45(90)61(100)50(19-30)116-70(106)25-7-38(83)56(95)39(84)8-25)76(118-52)122-75(111)31-15-46(91)62(101)51(20-31)117-71(107)26-9-40(85)57(96)41(86)10-26;1-15(24)26-19-10-6-17(7-11-19)22(21-5-3-4-14-23-21)18-8-12-20(13-9-18)27-16(2)25/h1-20,52,63-65,76-101H,21H2;3-14,22H,1-2H3/t52-,63-,64+,65-,76+;/m1./s1. The number of phenols is 25. The third-order valence-electron chi connectivity index (χ3n) is 20.8. The maximum atomic E-state index is 15.3. The molecular formula is C98H71NO50. The molecule has 768 valence electrons. The normalized spacial score (nSPS) is 13.9. The molecule has 0 spiro atoms. The quantitative estimate of drug-likeness (QED) is 0.0104. The Morgan fingerprint density at radius 2 is 0.483 bits per heavy atom. The van der Waals surface area contributed by atoms with Crippen molar-refractivity contribution in [1.82, 2.24) is 4.98 Å². The number of hydrogen-bond donors (Lipinski definition) is 25. The molecule has 13 aromatic rings. The highest BCUT2D eigenvalue weighted by Crippen LogP contribution is 2.49. The number of hydrogen-bond acceptors (Lipinski definition) is 51. The molecule has 1 aliphatic heterocycles. The van der Waals surface area contributed by atoms with Crippen molar-refractivity contribution in [2.75, 3.05) is 6.61 Å². The topological polar surface area (TPSA) is 843 Å². The Morgan fingerprint density at radius 1 is 0.255 bits per heavy atom. The van der Waals surface area contributed by atoms with Crippen molar-refractivity contribution in [3.63, 3.8) is 0 Å². The Balaban J connectivity index is 0.000000590. The molecule has 149 heavy (non-hydrogen) atoms. The number of aromatic hydroxyl groups is 25. The highest BCUT2D eigenvalue weighted by molar-refractivity contribution is 6.00. The minimum atomic E-state index is -3.12. The number of ether oxygens (including phenoxy) is 13. The van der Waals surface area contributed by atoms with Crippen LogP contribution in [0.3, 0.4) is 0 Å². The summed E-state index contributed by atoms with van der Waals surface area (Å²) < 4.78 is 70.6. The van der Waals surface area contributed by atoms with Gasteiger partial charge in [0.05, 0.1) is 67.2 Å². The molecule has 14 rings (SSSR count). The predicted octanol–water partition coefficient (Wildman–Crippen LogP) is 8.95. The van der Waals surface area contributed by atoms with Gasteiger partial charge in [-0.05, 0) is 169 Å². The van der Waals surface area contributed by atoms with Crippen molar-refractivity contribution in [3.8, 4) is 184 Å². The van der Waals surface area contributed by atoms with Gasteiger partial charge in [-0.3, -0.25) is 14.6 Å². The first-order valence-electron chi connectivity index (χ1n) is 41.7. The smallest absolute Gasteiger partial charge is 0.343 e. The Bertz CT molecular complexity index is 7430. The Labute approximate surface area is 827 Å². The molecule has 1 aromatic heterocycles. The monoisotopic (exact) mass is 2060 g/mol. The van der Waals surface area contributed by atoms with Gasteiger partial charge in [0.1, 0.15) is 24.2 Å². The molecule has 0 bridgehead atoms. The van der Waals surface area contributed by atoms with Gasteiger partial charge in [0, 0.05) is 20.0 Å². The van der Waals surface area contributed by atoms with Crippen LogP contribution in [0.1, 0.15) is 140 Å². The zero-order chi connectivity index (χ0) is 109. The second kappa shape index (κ2) is 43.2. The van der Waals surface area contributed by atoms with Crippen LogP contribution in [0.15, 0.2) is 194 Å². The Morgan fingerprint density at radius 3 is 0.732 bits per heavy atom. The van der Waals surface area contributed by atoms with Gasteiger partial charge < -0.3 is 189 Å². The molecule has 25 N–H and O–H groups in total. The molecule has 2 heterocycles. The van der Waals surface area contributed by atoms with Gasteiger partial charge in [0.25, 0.3) is 0 Å². The predicted molar refractivity (Wildman–Crippen MR) is 483 cm³/mol. The fraction of sp³-hybridized carbons (Fsp3) is 0.0918. The first-order chi connectivity index (χ1) is 70.4. The number of nitrogens with zero attached hydrogens (tertiary/aromatic N) is 1. The van der Waals surface area contributed by atoms with E-state index in [-0.39, 0.29) is 17.9 Å². The number of esters is 12. The lowest BCUT2D eigenvalue weighted by Crippen LogP contribution is -2.63. The largest absolute Gasteiger partial charge is 0.504 e. The number of rotatable bonds is 26. The molecular weight excluding hydrogens is 1990 g/mol. The van der Waals surface area contributed by atoms with E-state index in [1.165, 1.54) is 13.8 Å². The molecule has 51 heteroatoms. The molecule has 0 unspecified atom stereocenters. The maximum absolute atomic E-state index is 15.3. The lowest BCUT2D eigenvalue weighted by atomic mass is 9.88. The third-order valence-corrected chi connectivity index (χ3v) is 20.8. The van der Waals surface area contributed by atoms with Gasteiger partial charge in [-0.1, -0.05) is 30.3 Å². The molecule has 12 aromatic carbocycles. The SMILES string of the molecule is CC(=O)Oc1ccc(C(c2ccc(OC(C)=O)cc2)c2ccccn2)cc1.O=C(OC[C@H]1O[C@@H](OC(=O)c2cc(O)c(O)c(OC(=O)c3cc(O)c(O)c(O)c3)c2)[C@H](OC(=O)c2cc(O)c(O)c(OC(=O)c3cc(O)c(O)c(O)c3)c2)[C@@H](OC(=O)c2cc(O)c(O)c(OC(=O)c3cc(O)c(O)c(O)c3)c2)[C@@H]1OC(=O)c1cc(O)c(O)c(OC(=O)c2cc(O)c(O)c(O)c2)c1)c1cc(O)c(O)c(OC(=O)c2cc(O)c(O)c(O)c2)c1. The van der Waals surface area contributed by atoms with Crippen LogP contribution in [0.2, 0.25) is 0 Å². The summed E-state index contributed by atoms with van der Waals surface area (Å²) in [5.41, 5.74) is -6.99. The molecule has 1 aliphatic rings. The second-order valence-electron chi connectivity index (χ2n) is 31.1. The van der Waals surface area contributed by atoms with Gasteiger partial charge >= 0.3 is 71.6 Å². The summed E-state index contributed by atoms with van der Waals surface area (Å²) in [7, 11) is 0. The van der Waals surface area contributed by atoms with E-state index < -0.39 is 325 Å². The zero-order valence-electron chi connectivity index (χ0n) is 75.0. The van der Waals surface area contributed by atoms with E-state index >= 15 is 14.4 Å². The summed E-state index contributed by atoms with van der Waals surface area (Å²) in [4.78, 5) is 169. The number of aromatic nitrogens is 1. The van der Waals surface area contributed by atoms with Crippen LogP contribution < -0.4 is 33.2 Å². The van der Waals surface area contributed by atoms with Crippen LogP contribution in [0, 0.1) is 0 Å². The average molecular weight is 2060 g/mol. The second-order valence-corrected chi connectivity index (χ2v) is 31.1. The minimum absolute atomic E-state index is 0.107. The minimum Gasteiger partial charge on any atom is -0.504 e. The molecule has 0 radical (unpaired) electrons. The summed E-state index contributed by atoms with van der Waals surface area (Å²) >= 11 is 0. The Kier molecular flexibility index (Phi) is 30.4. The van der Waals surface area contributed by atoms with Crippen molar-refractivity contribution in [2.24, 2.45) is 0 Å². The number of phenolic OH excluding ortho intramolecular Hbond substituents is 25. The maximum Gasteiger partial charge on any atom is 0.343 e. The van der Waals surface area contributed by atoms with Crippen molar-refractivity contribution >= 4 is 71.6 Å². The van der Waals surface area contributed by atoms with Crippen molar-refractivity contribution in [3.05, 3.63) is 267 Å². The van der Waals surface area contributed by atoms with E-state index in [4.69, 9.17) is 61.6 Å². The van der Waals surface area contributed by atoms with Crippen molar-refractivity contribution in [1.29, 1.82) is 0 Å². The number of pyridine rings is 1. The number of benzene rings is 12. The summed E-state index contributed by atoms with van der Waals surface area (Å²) in [5, 5.41) is 261. The average Bonchev–Trinajstić information content (AvgIpc) is 0.760. The highest BCUT2D eigenvalue weighted by atomic mass is 16.8. The van der Waals surface area contributed by atoms with Gasteiger partial charge in [-0.2, -0.15) is 0 Å². The molecule has 1 saturated heterocycles. The molecule has 0 aliphatic carbocycles. The van der Waals surface area contributed by atoms with Gasteiger partial charge in [-0.25, -0.2) is 47.9 Å². The molecule has 0 saturated carbocycles. The number of carbonyl (C=O) groups is 12. The lowest BCUT2D eigenvalue weighted by Gasteiger charge is -2.43. The zero-order valence-corrected chi connectivity index (χ0v) is 75.0. The fourth-order valence-corrected chi connectivity index (χ4v) is 13.7. The third kappa shape index (κ3) is 23.7. The van der Waals surface area contributed by atoms with E-state index in [2.05, 4.69) is 4.98 Å². The number of carbonyl (C=O) groups excluding carboxylic acids is 12. The van der Waals surface area contributed by atoms with Crippen LogP contribution in [-0.2, 0) is 38.0 Å². The van der Waals surface area contributed by atoms with E-state index in [0.29, 0.717) is 133 Å². The van der Waals surface area contributed by atoms with E-state index in [9.17, 15) is 171 Å². The van der Waals surface area contributed by atoms with Gasteiger partial charge in [0.15, 0.2) is 156 Å². The van der Waals surface area contributed by atoms with Crippen LogP contribution >= 0.6 is 0 Å².